The monoisotopic (exact) mass is 470 g/mol. The average Bonchev–Trinajstić information content (AvgIpc) is 3.52. The molecule has 0 unspecified atom stereocenters. The van der Waals surface area contributed by atoms with Gasteiger partial charge < -0.3 is 4.90 Å². The molecule has 0 spiro atoms. The first-order valence-corrected chi connectivity index (χ1v) is 11.3. The van der Waals surface area contributed by atoms with Crippen LogP contribution in [-0.4, -0.2) is 38.9 Å². The molecule has 6 nitrogen and oxygen atoms in total. The summed E-state index contributed by atoms with van der Waals surface area (Å²) >= 11 is 12.2. The van der Waals surface area contributed by atoms with Gasteiger partial charge in [0.15, 0.2) is 0 Å². The third-order valence-electron chi connectivity index (χ3n) is 5.33. The summed E-state index contributed by atoms with van der Waals surface area (Å²) in [6, 6.07) is 14.5. The number of benzene rings is 2. The standard InChI is InChI=1S/C24H24Cl2N4O2/c1-15(2)29(23(32)17-6-7-17)14-22(31)28-24-27-21(16-8-10-18(25)11-9-16)13-30(24)20-5-3-4-19(26)12-20/h3-5,8-13,15,17H,6-7,14H2,1-2H3,(H,27,28,31). The first kappa shape index (κ1) is 22.4. The number of halogens is 2. The summed E-state index contributed by atoms with van der Waals surface area (Å²) in [5.74, 6) is 0.138. The van der Waals surface area contributed by atoms with Gasteiger partial charge in [-0.25, -0.2) is 4.98 Å². The molecule has 0 bridgehead atoms. The van der Waals surface area contributed by atoms with Crippen molar-refractivity contribution in [3.8, 4) is 16.9 Å². The van der Waals surface area contributed by atoms with Crippen LogP contribution in [0.15, 0.2) is 54.7 Å². The fourth-order valence-corrected chi connectivity index (χ4v) is 3.76. The van der Waals surface area contributed by atoms with E-state index in [1.54, 1.807) is 33.7 Å². The molecule has 1 fully saturated rings. The molecule has 8 heteroatoms. The van der Waals surface area contributed by atoms with Crippen molar-refractivity contribution in [2.45, 2.75) is 32.7 Å². The smallest absolute Gasteiger partial charge is 0.246 e. The Balaban J connectivity index is 1.63. The number of nitrogens with one attached hydrogen (secondary N) is 1. The molecule has 2 amide bonds. The minimum absolute atomic E-state index is 0.0221. The lowest BCUT2D eigenvalue weighted by Crippen LogP contribution is -2.43. The minimum Gasteiger partial charge on any atom is -0.331 e. The van der Waals surface area contributed by atoms with Gasteiger partial charge in [-0.05, 0) is 57.0 Å². The maximum atomic E-state index is 12.9. The molecule has 0 aliphatic heterocycles. The second-order valence-electron chi connectivity index (χ2n) is 8.19. The number of carbonyl (C=O) groups excluding carboxylic acids is 2. The molecule has 166 valence electrons. The van der Waals surface area contributed by atoms with Gasteiger partial charge in [0.2, 0.25) is 17.8 Å². The summed E-state index contributed by atoms with van der Waals surface area (Å²) in [5, 5.41) is 4.08. The Morgan fingerprint density at radius 2 is 1.84 bits per heavy atom. The van der Waals surface area contributed by atoms with Crippen molar-refractivity contribution in [3.63, 3.8) is 0 Å². The van der Waals surface area contributed by atoms with E-state index in [1.807, 2.05) is 44.3 Å². The second-order valence-corrected chi connectivity index (χ2v) is 9.06. The molecule has 1 aliphatic carbocycles. The van der Waals surface area contributed by atoms with Crippen LogP contribution in [0.4, 0.5) is 5.95 Å². The Morgan fingerprint density at radius 3 is 2.47 bits per heavy atom. The number of nitrogens with zero attached hydrogens (tertiary/aromatic N) is 3. The fourth-order valence-electron chi connectivity index (χ4n) is 3.45. The zero-order valence-electron chi connectivity index (χ0n) is 17.9. The van der Waals surface area contributed by atoms with Gasteiger partial charge in [0.25, 0.3) is 0 Å². The van der Waals surface area contributed by atoms with Crippen molar-refractivity contribution in [2.75, 3.05) is 11.9 Å². The Morgan fingerprint density at radius 1 is 1.12 bits per heavy atom. The molecule has 1 heterocycles. The van der Waals surface area contributed by atoms with Crippen LogP contribution in [0.3, 0.4) is 0 Å². The van der Waals surface area contributed by atoms with Gasteiger partial charge in [0.05, 0.1) is 5.69 Å². The molecule has 0 atom stereocenters. The van der Waals surface area contributed by atoms with Gasteiger partial charge in [-0.2, -0.15) is 0 Å². The number of carbonyl (C=O) groups is 2. The number of hydrogen-bond acceptors (Lipinski definition) is 3. The predicted molar refractivity (Wildman–Crippen MR) is 127 cm³/mol. The number of imidazole rings is 1. The van der Waals surface area contributed by atoms with Gasteiger partial charge in [0.1, 0.15) is 6.54 Å². The van der Waals surface area contributed by atoms with Crippen LogP contribution < -0.4 is 5.32 Å². The molecule has 1 N–H and O–H groups in total. The SMILES string of the molecule is CC(C)N(CC(=O)Nc1nc(-c2ccc(Cl)cc2)cn1-c1cccc(Cl)c1)C(=O)C1CC1. The molecule has 3 aromatic rings. The maximum absolute atomic E-state index is 12.9. The molecular weight excluding hydrogens is 447 g/mol. The third kappa shape index (κ3) is 5.14. The zero-order chi connectivity index (χ0) is 22.8. The highest BCUT2D eigenvalue weighted by molar-refractivity contribution is 6.31. The highest BCUT2D eigenvalue weighted by Gasteiger charge is 2.35. The Kier molecular flexibility index (Phi) is 6.53. The Hall–Kier alpha value is -2.83. The third-order valence-corrected chi connectivity index (χ3v) is 5.82. The van der Waals surface area contributed by atoms with Crippen molar-refractivity contribution < 1.29 is 9.59 Å². The lowest BCUT2D eigenvalue weighted by atomic mass is 10.2. The van der Waals surface area contributed by atoms with E-state index in [4.69, 9.17) is 23.2 Å². The molecular formula is C24H24Cl2N4O2. The zero-order valence-corrected chi connectivity index (χ0v) is 19.4. The van der Waals surface area contributed by atoms with E-state index in [1.165, 1.54) is 0 Å². The van der Waals surface area contributed by atoms with Crippen molar-refractivity contribution in [1.82, 2.24) is 14.5 Å². The largest absolute Gasteiger partial charge is 0.331 e. The molecule has 4 rings (SSSR count). The molecule has 1 saturated carbocycles. The van der Waals surface area contributed by atoms with Gasteiger partial charge in [-0.3, -0.25) is 19.5 Å². The summed E-state index contributed by atoms with van der Waals surface area (Å²) in [6.45, 7) is 3.81. The minimum atomic E-state index is -0.302. The molecule has 2 aromatic carbocycles. The van der Waals surface area contributed by atoms with E-state index >= 15 is 0 Å². The van der Waals surface area contributed by atoms with Crippen LogP contribution in [0, 0.1) is 5.92 Å². The topological polar surface area (TPSA) is 67.2 Å². The van der Waals surface area contributed by atoms with Crippen LogP contribution in [0.5, 0.6) is 0 Å². The van der Waals surface area contributed by atoms with Gasteiger partial charge in [0, 0.05) is 39.5 Å². The highest BCUT2D eigenvalue weighted by Crippen LogP contribution is 2.32. The lowest BCUT2D eigenvalue weighted by molar-refractivity contribution is -0.137. The van der Waals surface area contributed by atoms with E-state index in [-0.39, 0.29) is 30.3 Å². The molecule has 0 radical (unpaired) electrons. The van der Waals surface area contributed by atoms with Crippen LogP contribution in [0.2, 0.25) is 10.0 Å². The molecule has 1 aliphatic rings. The quantitative estimate of drug-likeness (QED) is 0.500. The summed E-state index contributed by atoms with van der Waals surface area (Å²) in [5.41, 5.74) is 2.29. The predicted octanol–water partition coefficient (Wildman–Crippen LogP) is 5.43. The van der Waals surface area contributed by atoms with E-state index < -0.39 is 0 Å². The summed E-state index contributed by atoms with van der Waals surface area (Å²) in [6.07, 6.45) is 3.63. The van der Waals surface area contributed by atoms with Crippen molar-refractivity contribution in [1.29, 1.82) is 0 Å². The summed E-state index contributed by atoms with van der Waals surface area (Å²) in [7, 11) is 0. The summed E-state index contributed by atoms with van der Waals surface area (Å²) < 4.78 is 1.77. The number of aromatic nitrogens is 2. The number of amides is 2. The second kappa shape index (κ2) is 9.35. The normalized spacial score (nSPS) is 13.3. The van der Waals surface area contributed by atoms with Crippen molar-refractivity contribution in [3.05, 3.63) is 64.8 Å². The Labute approximate surface area is 197 Å². The highest BCUT2D eigenvalue weighted by atomic mass is 35.5. The number of anilines is 1. The maximum Gasteiger partial charge on any atom is 0.246 e. The van der Waals surface area contributed by atoms with Crippen LogP contribution in [-0.2, 0) is 9.59 Å². The average molecular weight is 471 g/mol. The summed E-state index contributed by atoms with van der Waals surface area (Å²) in [4.78, 5) is 31.8. The van der Waals surface area contributed by atoms with E-state index in [2.05, 4.69) is 10.3 Å². The first-order valence-electron chi connectivity index (χ1n) is 10.5. The van der Waals surface area contributed by atoms with E-state index in [0.717, 1.165) is 24.1 Å². The van der Waals surface area contributed by atoms with Gasteiger partial charge in [-0.1, -0.05) is 41.4 Å². The molecule has 0 saturated heterocycles. The van der Waals surface area contributed by atoms with Crippen LogP contribution in [0.25, 0.3) is 16.9 Å². The number of rotatable bonds is 7. The van der Waals surface area contributed by atoms with Crippen molar-refractivity contribution in [2.24, 2.45) is 5.92 Å². The van der Waals surface area contributed by atoms with Gasteiger partial charge >= 0.3 is 0 Å². The number of hydrogen-bond donors (Lipinski definition) is 1. The lowest BCUT2D eigenvalue weighted by Gasteiger charge is -2.26. The van der Waals surface area contributed by atoms with E-state index in [0.29, 0.717) is 21.7 Å². The fraction of sp³-hybridized carbons (Fsp3) is 0.292. The van der Waals surface area contributed by atoms with Crippen molar-refractivity contribution >= 4 is 41.0 Å². The first-order chi connectivity index (χ1) is 15.3. The molecule has 32 heavy (non-hydrogen) atoms. The molecule has 1 aromatic heterocycles. The van der Waals surface area contributed by atoms with E-state index in [9.17, 15) is 9.59 Å². The van der Waals surface area contributed by atoms with Crippen LogP contribution in [0.1, 0.15) is 26.7 Å². The van der Waals surface area contributed by atoms with Crippen LogP contribution >= 0.6 is 23.2 Å². The Bertz CT molecular complexity index is 1140. The van der Waals surface area contributed by atoms with Gasteiger partial charge in [-0.15, -0.1) is 0 Å².